The van der Waals surface area contributed by atoms with Crippen molar-refractivity contribution in [2.75, 3.05) is 13.3 Å². The molecule has 4 atom stereocenters. The molecule has 1 N–H and O–H groups in total. The molecule has 4 heteroatoms. The smallest absolute Gasteiger partial charge is 0.183 e. The van der Waals surface area contributed by atoms with E-state index in [1.54, 1.807) is 6.66 Å². The lowest BCUT2D eigenvalue weighted by molar-refractivity contribution is 0.299. The number of hydrogen-bond donors (Lipinski definition) is 1. The molecule has 4 unspecified atom stereocenters. The Bertz CT molecular complexity index is 409. The van der Waals surface area contributed by atoms with E-state index in [1.807, 2.05) is 0 Å². The third-order valence-corrected chi connectivity index (χ3v) is 7.50. The normalized spacial score (nSPS) is 22.1. The van der Waals surface area contributed by atoms with Crippen molar-refractivity contribution < 1.29 is 9.42 Å². The molecule has 0 spiro atoms. The minimum Gasteiger partial charge on any atom is -0.345 e. The number of rotatable bonds is 20. The van der Waals surface area contributed by atoms with E-state index in [2.05, 4.69) is 13.8 Å². The Labute approximate surface area is 181 Å². The summed E-state index contributed by atoms with van der Waals surface area (Å²) in [4.78, 5) is 9.41. The van der Waals surface area contributed by atoms with Gasteiger partial charge in [0.05, 0.1) is 6.61 Å². The molecule has 0 aliphatic heterocycles. The minimum atomic E-state index is -2.43. The van der Waals surface area contributed by atoms with E-state index < -0.39 is 6.49 Å². The van der Waals surface area contributed by atoms with Crippen molar-refractivity contribution in [1.29, 1.82) is 0 Å². The lowest BCUT2D eigenvalue weighted by Crippen LogP contribution is -1.99. The van der Waals surface area contributed by atoms with Gasteiger partial charge in [-0.25, -0.2) is 0 Å². The fourth-order valence-electron chi connectivity index (χ4n) is 4.56. The molecule has 1 rings (SSSR count). The Morgan fingerprint density at radius 3 is 2.04 bits per heavy atom. The van der Waals surface area contributed by atoms with Gasteiger partial charge < -0.3 is 9.42 Å². The van der Waals surface area contributed by atoms with E-state index >= 15 is 0 Å². The molecule has 0 aromatic heterocycles. The first kappa shape index (κ1) is 26.6. The maximum absolute atomic E-state index is 9.41. The van der Waals surface area contributed by atoms with Crippen molar-refractivity contribution in [3.8, 4) is 0 Å². The quantitative estimate of drug-likeness (QED) is 0.154. The van der Waals surface area contributed by atoms with Crippen molar-refractivity contribution in [2.45, 2.75) is 123 Å². The van der Waals surface area contributed by atoms with Gasteiger partial charge in [-0.15, -0.1) is 0 Å². The Balaban J connectivity index is 1.81. The molecule has 0 bridgehead atoms. The van der Waals surface area contributed by atoms with E-state index in [1.165, 1.54) is 103 Å². The van der Waals surface area contributed by atoms with Crippen LogP contribution in [0, 0.1) is 17.8 Å². The molecule has 0 radical (unpaired) electrons. The largest absolute Gasteiger partial charge is 0.345 e. The molecule has 0 heterocycles. The van der Waals surface area contributed by atoms with Gasteiger partial charge in [0, 0.05) is 6.66 Å². The maximum Gasteiger partial charge on any atom is 0.183 e. The zero-order chi connectivity index (χ0) is 20.7. The Hall–Kier alpha value is 0.570. The lowest BCUT2D eigenvalue weighted by atomic mass is 9.95. The molecule has 168 valence electrons. The second-order valence-electron chi connectivity index (χ2n) is 9.45. The third kappa shape index (κ3) is 15.4. The summed E-state index contributed by atoms with van der Waals surface area (Å²) in [6.45, 7) is 4.64. The monoisotopic (exact) mass is 432 g/mol. The summed E-state index contributed by atoms with van der Waals surface area (Å²) in [6.07, 6.45) is 23.7. The summed E-state index contributed by atoms with van der Waals surface area (Å²) in [5.41, 5.74) is 0. The highest BCUT2D eigenvalue weighted by atomic mass is 32.5. The van der Waals surface area contributed by atoms with Gasteiger partial charge in [-0.2, -0.15) is 0 Å². The summed E-state index contributed by atoms with van der Waals surface area (Å²) >= 11 is 4.87. The van der Waals surface area contributed by atoms with Gasteiger partial charge in [-0.3, -0.25) is 0 Å². The van der Waals surface area contributed by atoms with Crippen LogP contribution in [0.3, 0.4) is 0 Å². The maximum atomic E-state index is 9.41. The van der Waals surface area contributed by atoms with Gasteiger partial charge >= 0.3 is 0 Å². The van der Waals surface area contributed by atoms with Crippen molar-refractivity contribution in [3.63, 3.8) is 0 Å². The topological polar surface area (TPSA) is 29.5 Å². The molecule has 0 aromatic carbocycles. The molecular formula is C24H49O2PS. The first-order valence-corrected chi connectivity index (χ1v) is 15.5. The van der Waals surface area contributed by atoms with Crippen LogP contribution in [0.4, 0.5) is 0 Å². The lowest BCUT2D eigenvalue weighted by Gasteiger charge is -2.11. The van der Waals surface area contributed by atoms with Gasteiger partial charge in [-0.05, 0) is 42.4 Å². The first-order chi connectivity index (χ1) is 13.4. The van der Waals surface area contributed by atoms with Crippen LogP contribution < -0.4 is 0 Å². The van der Waals surface area contributed by atoms with Crippen LogP contribution in [0.2, 0.25) is 0 Å². The standard InChI is InChI=1S/C24H49O2PS/c1-4-5-6-7-12-15-18-22(2)24-21-23(24)19-16-13-10-8-9-11-14-17-20-26-27(3,25)28/h22-24H,4-21H2,1-3H3,(H,25,28). The number of unbranched alkanes of at least 4 members (excludes halogenated alkanes) is 12. The third-order valence-electron chi connectivity index (χ3n) is 6.52. The molecular weight excluding hydrogens is 383 g/mol. The minimum absolute atomic E-state index is 0.629. The summed E-state index contributed by atoms with van der Waals surface area (Å²) in [6, 6.07) is 0. The van der Waals surface area contributed by atoms with Crippen molar-refractivity contribution in [3.05, 3.63) is 0 Å². The fraction of sp³-hybridized carbons (Fsp3) is 1.00. The Morgan fingerprint density at radius 1 is 0.893 bits per heavy atom. The molecule has 1 aliphatic rings. The summed E-state index contributed by atoms with van der Waals surface area (Å²) in [5.74, 6) is 3.11. The second-order valence-corrected chi connectivity index (χ2v) is 13.3. The fourth-order valence-corrected chi connectivity index (χ4v) is 5.26. The van der Waals surface area contributed by atoms with Crippen molar-refractivity contribution >= 4 is 18.3 Å². The van der Waals surface area contributed by atoms with Crippen molar-refractivity contribution in [2.24, 2.45) is 17.8 Å². The zero-order valence-electron chi connectivity index (χ0n) is 19.2. The Morgan fingerprint density at radius 2 is 1.43 bits per heavy atom. The molecule has 0 aromatic rings. The van der Waals surface area contributed by atoms with Crippen LogP contribution in [0.1, 0.15) is 123 Å². The average molecular weight is 433 g/mol. The molecule has 0 amide bonds. The predicted octanol–water partition coefficient (Wildman–Crippen LogP) is 8.47. The van der Waals surface area contributed by atoms with Crippen molar-refractivity contribution in [1.82, 2.24) is 0 Å². The van der Waals surface area contributed by atoms with E-state index in [0.29, 0.717) is 6.61 Å². The van der Waals surface area contributed by atoms with E-state index in [-0.39, 0.29) is 0 Å². The van der Waals surface area contributed by atoms with Gasteiger partial charge in [0.25, 0.3) is 0 Å². The highest BCUT2D eigenvalue weighted by Gasteiger charge is 2.39. The van der Waals surface area contributed by atoms with Gasteiger partial charge in [0.1, 0.15) is 0 Å². The average Bonchev–Trinajstić information content (AvgIpc) is 3.41. The predicted molar refractivity (Wildman–Crippen MR) is 129 cm³/mol. The Kier molecular flexibility index (Phi) is 15.5. The van der Waals surface area contributed by atoms with Gasteiger partial charge in [0.2, 0.25) is 0 Å². The summed E-state index contributed by atoms with van der Waals surface area (Å²) in [5, 5.41) is 0. The van der Waals surface area contributed by atoms with E-state index in [4.69, 9.17) is 16.3 Å². The molecule has 1 aliphatic carbocycles. The van der Waals surface area contributed by atoms with Crippen LogP contribution >= 0.6 is 6.49 Å². The SMILES string of the molecule is CCCCCCCCC(C)C1CC1CCCCCCCCCCOP(C)(O)=S. The molecule has 28 heavy (non-hydrogen) atoms. The highest BCUT2D eigenvalue weighted by molar-refractivity contribution is 8.09. The van der Waals surface area contributed by atoms with Gasteiger partial charge in [-0.1, -0.05) is 110 Å². The van der Waals surface area contributed by atoms with Crippen LogP contribution in [-0.4, -0.2) is 18.2 Å². The second kappa shape index (κ2) is 16.3. The van der Waals surface area contributed by atoms with Gasteiger partial charge in [0.15, 0.2) is 6.49 Å². The molecule has 0 saturated heterocycles. The molecule has 1 fully saturated rings. The zero-order valence-corrected chi connectivity index (χ0v) is 20.9. The van der Waals surface area contributed by atoms with E-state index in [9.17, 15) is 4.89 Å². The van der Waals surface area contributed by atoms with E-state index in [0.717, 1.165) is 24.2 Å². The summed E-state index contributed by atoms with van der Waals surface area (Å²) in [7, 11) is 0. The summed E-state index contributed by atoms with van der Waals surface area (Å²) < 4.78 is 5.27. The van der Waals surface area contributed by atoms with Crippen LogP contribution in [0.5, 0.6) is 0 Å². The molecule has 1 saturated carbocycles. The van der Waals surface area contributed by atoms with Crippen LogP contribution in [-0.2, 0) is 16.3 Å². The van der Waals surface area contributed by atoms with Crippen LogP contribution in [0.15, 0.2) is 0 Å². The number of hydrogen-bond acceptors (Lipinski definition) is 2. The first-order valence-electron chi connectivity index (χ1n) is 12.4. The highest BCUT2D eigenvalue weighted by Crippen LogP contribution is 2.48. The van der Waals surface area contributed by atoms with Crippen LogP contribution in [0.25, 0.3) is 0 Å². The molecule has 2 nitrogen and oxygen atoms in total.